The molecule has 0 radical (unpaired) electrons. The van der Waals surface area contributed by atoms with Gasteiger partial charge in [-0.15, -0.1) is 5.10 Å². The zero-order valence-corrected chi connectivity index (χ0v) is 15.9. The smallest absolute Gasteiger partial charge is 0.250 e. The molecule has 4 aromatic rings. The lowest BCUT2D eigenvalue weighted by Gasteiger charge is -2.09. The van der Waals surface area contributed by atoms with Gasteiger partial charge in [0, 0.05) is 23.2 Å². The first-order valence-corrected chi connectivity index (χ1v) is 8.99. The molecule has 5 rings (SSSR count). The van der Waals surface area contributed by atoms with Crippen LogP contribution in [0, 0.1) is 17.7 Å². The van der Waals surface area contributed by atoms with E-state index in [1.807, 2.05) is 22.8 Å². The fourth-order valence-corrected chi connectivity index (χ4v) is 3.42. The third kappa shape index (κ3) is 2.92. The lowest BCUT2D eigenvalue weighted by molar-refractivity contribution is 0.369. The zero-order valence-electron chi connectivity index (χ0n) is 15.1. The number of benzene rings is 1. The summed E-state index contributed by atoms with van der Waals surface area (Å²) in [4.78, 5) is 8.36. The van der Waals surface area contributed by atoms with E-state index in [9.17, 15) is 4.39 Å². The van der Waals surface area contributed by atoms with E-state index in [0.717, 1.165) is 22.8 Å². The molecule has 0 spiro atoms. The van der Waals surface area contributed by atoms with Gasteiger partial charge in [-0.05, 0) is 30.2 Å². The Hall–Kier alpha value is -3.70. The molecule has 0 fully saturated rings. The normalized spacial score (nSPS) is 11.6. The minimum Gasteiger partial charge on any atom is -0.479 e. The Bertz CT molecular complexity index is 1320. The van der Waals surface area contributed by atoms with Gasteiger partial charge in [0.2, 0.25) is 5.88 Å². The quantitative estimate of drug-likeness (QED) is 0.400. The molecule has 0 saturated heterocycles. The molecule has 0 saturated carbocycles. The molecule has 0 unspecified atom stereocenters. The Kier molecular flexibility index (Phi) is 4.03. The predicted octanol–water partition coefficient (Wildman–Crippen LogP) is 2.95. The first-order chi connectivity index (χ1) is 14.1. The molecule has 0 aliphatic carbocycles. The Morgan fingerprint density at radius 2 is 2.03 bits per heavy atom. The number of aromatic nitrogens is 6. The van der Waals surface area contributed by atoms with Crippen LogP contribution in [-0.4, -0.2) is 36.6 Å². The number of methoxy groups -OCH3 is 1. The van der Waals surface area contributed by atoms with Crippen LogP contribution in [0.4, 0.5) is 4.39 Å². The second-order valence-electron chi connectivity index (χ2n) is 6.32. The van der Waals surface area contributed by atoms with Crippen molar-refractivity contribution in [3.8, 4) is 29.1 Å². The highest BCUT2D eigenvalue weighted by molar-refractivity contribution is 6.30. The summed E-state index contributed by atoms with van der Waals surface area (Å²) in [5.41, 5.74) is 4.44. The molecule has 142 valence electrons. The van der Waals surface area contributed by atoms with Crippen molar-refractivity contribution in [3.05, 3.63) is 76.5 Å². The van der Waals surface area contributed by atoms with Gasteiger partial charge in [-0.1, -0.05) is 22.7 Å². The van der Waals surface area contributed by atoms with Crippen molar-refractivity contribution in [2.24, 2.45) is 0 Å². The van der Waals surface area contributed by atoms with Crippen LogP contribution in [0.5, 0.6) is 5.88 Å². The molecule has 9 heteroatoms. The third-order valence-corrected chi connectivity index (χ3v) is 4.82. The standard InChI is InChI=1S/C20H12ClFN6O/c1-29-20-15(22)6-12(9-23-20)2-4-16-18-8-14-10-25-26-28(14)19-7-13(21)3-5-17(19)27(18)11-24-16/h3,5-7,9-11H,8H2,1H3. The van der Waals surface area contributed by atoms with Gasteiger partial charge < -0.3 is 4.74 Å². The van der Waals surface area contributed by atoms with Crippen molar-refractivity contribution in [2.45, 2.75) is 6.42 Å². The molecule has 3 aromatic heterocycles. The summed E-state index contributed by atoms with van der Waals surface area (Å²) < 4.78 is 22.4. The fraction of sp³-hybridized carbons (Fsp3) is 0.100. The molecule has 0 N–H and O–H groups in total. The average Bonchev–Trinajstić information content (AvgIpc) is 3.31. The van der Waals surface area contributed by atoms with Gasteiger partial charge in [-0.3, -0.25) is 4.57 Å². The largest absolute Gasteiger partial charge is 0.479 e. The first kappa shape index (κ1) is 17.4. The molecule has 0 atom stereocenters. The Morgan fingerprint density at radius 1 is 1.14 bits per heavy atom. The van der Waals surface area contributed by atoms with Crippen molar-refractivity contribution < 1.29 is 9.13 Å². The average molecular weight is 407 g/mol. The number of fused-ring (bicyclic) bond motifs is 5. The molecule has 1 aliphatic heterocycles. The summed E-state index contributed by atoms with van der Waals surface area (Å²) in [5.74, 6) is 5.31. The first-order valence-electron chi connectivity index (χ1n) is 8.61. The second kappa shape index (κ2) is 6.72. The lowest BCUT2D eigenvalue weighted by Crippen LogP contribution is -2.03. The van der Waals surface area contributed by atoms with Crippen LogP contribution in [0.1, 0.15) is 22.6 Å². The van der Waals surface area contributed by atoms with Gasteiger partial charge in [-0.25, -0.2) is 19.0 Å². The maximum Gasteiger partial charge on any atom is 0.250 e. The Labute approximate surface area is 169 Å². The summed E-state index contributed by atoms with van der Waals surface area (Å²) >= 11 is 6.19. The molecule has 4 heterocycles. The minimum absolute atomic E-state index is 0.0672. The molecular weight excluding hydrogens is 395 g/mol. The van der Waals surface area contributed by atoms with Gasteiger partial charge in [0.1, 0.15) is 12.0 Å². The van der Waals surface area contributed by atoms with Crippen LogP contribution in [0.15, 0.2) is 43.0 Å². The summed E-state index contributed by atoms with van der Waals surface area (Å²) in [6.07, 6.45) is 5.39. The zero-order chi connectivity index (χ0) is 20.0. The number of rotatable bonds is 1. The van der Waals surface area contributed by atoms with Crippen LogP contribution in [-0.2, 0) is 6.42 Å². The highest BCUT2D eigenvalue weighted by Gasteiger charge is 2.22. The molecular formula is C20H12ClFN6O. The predicted molar refractivity (Wildman–Crippen MR) is 103 cm³/mol. The Balaban J connectivity index is 1.62. The number of ether oxygens (including phenoxy) is 1. The molecule has 0 bridgehead atoms. The van der Waals surface area contributed by atoms with E-state index >= 15 is 0 Å². The molecule has 7 nitrogen and oxygen atoms in total. The van der Waals surface area contributed by atoms with Crippen LogP contribution in [0.2, 0.25) is 5.02 Å². The second-order valence-corrected chi connectivity index (χ2v) is 6.76. The van der Waals surface area contributed by atoms with Crippen LogP contribution >= 0.6 is 11.6 Å². The van der Waals surface area contributed by atoms with Gasteiger partial charge >= 0.3 is 0 Å². The topological polar surface area (TPSA) is 70.7 Å². The summed E-state index contributed by atoms with van der Waals surface area (Å²) in [6, 6.07) is 6.83. The van der Waals surface area contributed by atoms with Crippen molar-refractivity contribution in [1.82, 2.24) is 29.5 Å². The van der Waals surface area contributed by atoms with E-state index in [0.29, 0.717) is 22.7 Å². The summed E-state index contributed by atoms with van der Waals surface area (Å²) in [5, 5.41) is 8.81. The molecule has 29 heavy (non-hydrogen) atoms. The van der Waals surface area contributed by atoms with E-state index < -0.39 is 5.82 Å². The van der Waals surface area contributed by atoms with Crippen LogP contribution in [0.3, 0.4) is 0 Å². The maximum absolute atomic E-state index is 13.9. The molecule has 0 amide bonds. The van der Waals surface area contributed by atoms with Crippen molar-refractivity contribution in [2.75, 3.05) is 7.11 Å². The number of hydrogen-bond donors (Lipinski definition) is 0. The van der Waals surface area contributed by atoms with E-state index in [1.165, 1.54) is 19.4 Å². The highest BCUT2D eigenvalue weighted by atomic mass is 35.5. The fourth-order valence-electron chi connectivity index (χ4n) is 3.25. The number of hydrogen-bond acceptors (Lipinski definition) is 5. The maximum atomic E-state index is 13.9. The summed E-state index contributed by atoms with van der Waals surface area (Å²) in [6.45, 7) is 0. The highest BCUT2D eigenvalue weighted by Crippen LogP contribution is 2.30. The van der Waals surface area contributed by atoms with E-state index in [1.54, 1.807) is 17.2 Å². The SMILES string of the molecule is COc1ncc(C#Cc2ncn3c2Cc2cnnn2-c2cc(Cl)ccc2-3)cc1F. The minimum atomic E-state index is -0.566. The molecule has 1 aliphatic rings. The third-order valence-electron chi connectivity index (χ3n) is 4.59. The van der Waals surface area contributed by atoms with Crippen molar-refractivity contribution in [3.63, 3.8) is 0 Å². The monoisotopic (exact) mass is 406 g/mol. The van der Waals surface area contributed by atoms with Gasteiger partial charge in [0.05, 0.1) is 36.1 Å². The van der Waals surface area contributed by atoms with Crippen molar-refractivity contribution >= 4 is 11.6 Å². The van der Waals surface area contributed by atoms with E-state index in [4.69, 9.17) is 16.3 Å². The number of pyridine rings is 1. The number of imidazole rings is 1. The van der Waals surface area contributed by atoms with E-state index in [2.05, 4.69) is 32.1 Å². The van der Waals surface area contributed by atoms with Crippen molar-refractivity contribution in [1.29, 1.82) is 0 Å². The molecule has 1 aromatic carbocycles. The van der Waals surface area contributed by atoms with Gasteiger partial charge in [0.15, 0.2) is 5.82 Å². The Morgan fingerprint density at radius 3 is 2.86 bits per heavy atom. The van der Waals surface area contributed by atoms with Crippen LogP contribution < -0.4 is 4.74 Å². The number of nitrogens with zero attached hydrogens (tertiary/aromatic N) is 6. The lowest BCUT2D eigenvalue weighted by atomic mass is 10.2. The van der Waals surface area contributed by atoms with Crippen LogP contribution in [0.25, 0.3) is 11.4 Å². The number of halogens is 2. The van der Waals surface area contributed by atoms with Gasteiger partial charge in [-0.2, -0.15) is 0 Å². The summed E-state index contributed by atoms with van der Waals surface area (Å²) in [7, 11) is 1.36. The van der Waals surface area contributed by atoms with Gasteiger partial charge in [0.25, 0.3) is 0 Å². The van der Waals surface area contributed by atoms with E-state index in [-0.39, 0.29) is 5.88 Å².